The van der Waals surface area contributed by atoms with Crippen molar-refractivity contribution in [1.82, 2.24) is 0 Å². The minimum absolute atomic E-state index is 0.114. The number of hydrogen-bond acceptors (Lipinski definition) is 1. The molecule has 0 amide bonds. The van der Waals surface area contributed by atoms with Crippen molar-refractivity contribution in [1.29, 1.82) is 0 Å². The Morgan fingerprint density at radius 3 is 2.57 bits per heavy atom. The summed E-state index contributed by atoms with van der Waals surface area (Å²) < 4.78 is 13.2. The van der Waals surface area contributed by atoms with Crippen LogP contribution in [-0.2, 0) is 6.42 Å². The van der Waals surface area contributed by atoms with Crippen LogP contribution in [-0.4, -0.2) is 11.7 Å². The van der Waals surface area contributed by atoms with E-state index in [-0.39, 0.29) is 17.8 Å². The van der Waals surface area contributed by atoms with Gasteiger partial charge < -0.3 is 5.11 Å². The molecular formula is C12H17FO. The Morgan fingerprint density at radius 2 is 2.00 bits per heavy atom. The first-order valence-corrected chi connectivity index (χ1v) is 4.81. The van der Waals surface area contributed by atoms with Gasteiger partial charge in [-0.1, -0.05) is 26.0 Å². The Morgan fingerprint density at radius 1 is 1.36 bits per heavy atom. The molecule has 1 rings (SSSR count). The summed E-state index contributed by atoms with van der Waals surface area (Å²) in [5.41, 5.74) is 1.48. The van der Waals surface area contributed by atoms with Crippen molar-refractivity contribution in [2.75, 3.05) is 6.61 Å². The Balaban J connectivity index is 2.92. The van der Waals surface area contributed by atoms with Crippen molar-refractivity contribution in [3.63, 3.8) is 0 Å². The van der Waals surface area contributed by atoms with Crippen LogP contribution in [0.15, 0.2) is 18.2 Å². The second-order valence-electron chi connectivity index (χ2n) is 4.52. The van der Waals surface area contributed by atoms with Gasteiger partial charge in [0.25, 0.3) is 0 Å². The van der Waals surface area contributed by atoms with Gasteiger partial charge in [0.2, 0.25) is 0 Å². The molecule has 0 fully saturated rings. The summed E-state index contributed by atoms with van der Waals surface area (Å²) >= 11 is 0. The predicted molar refractivity (Wildman–Crippen MR) is 55.7 cm³/mol. The standard InChI is InChI=1S/C12H17FO/c1-9-10(5-4-6-11(9)13)7-12(2,3)8-14/h4-6,14H,7-8H2,1-3H3. The van der Waals surface area contributed by atoms with E-state index in [1.54, 1.807) is 13.0 Å². The quantitative estimate of drug-likeness (QED) is 0.788. The largest absolute Gasteiger partial charge is 0.396 e. The molecule has 0 spiro atoms. The summed E-state index contributed by atoms with van der Waals surface area (Å²) in [6.45, 7) is 5.83. The summed E-state index contributed by atoms with van der Waals surface area (Å²) in [6.07, 6.45) is 0.701. The lowest BCUT2D eigenvalue weighted by molar-refractivity contribution is 0.159. The van der Waals surface area contributed by atoms with E-state index in [2.05, 4.69) is 0 Å². The molecule has 14 heavy (non-hydrogen) atoms. The first-order chi connectivity index (χ1) is 6.46. The van der Waals surface area contributed by atoms with E-state index < -0.39 is 0 Å². The normalized spacial score (nSPS) is 11.8. The van der Waals surface area contributed by atoms with Gasteiger partial charge in [0.05, 0.1) is 0 Å². The van der Waals surface area contributed by atoms with Crippen molar-refractivity contribution in [3.05, 3.63) is 35.1 Å². The van der Waals surface area contributed by atoms with Crippen molar-refractivity contribution in [2.24, 2.45) is 5.41 Å². The topological polar surface area (TPSA) is 20.2 Å². The number of rotatable bonds is 3. The molecule has 0 aromatic heterocycles. The highest BCUT2D eigenvalue weighted by molar-refractivity contribution is 5.28. The third kappa shape index (κ3) is 2.55. The zero-order valence-corrected chi connectivity index (χ0v) is 8.97. The molecule has 0 aliphatic rings. The molecule has 0 radical (unpaired) electrons. The lowest BCUT2D eigenvalue weighted by Crippen LogP contribution is -2.20. The number of aliphatic hydroxyl groups is 1. The molecule has 0 aliphatic heterocycles. The van der Waals surface area contributed by atoms with Gasteiger partial charge in [0.1, 0.15) is 5.82 Å². The maximum absolute atomic E-state index is 13.2. The number of aliphatic hydroxyl groups excluding tert-OH is 1. The monoisotopic (exact) mass is 196 g/mol. The van der Waals surface area contributed by atoms with Crippen molar-refractivity contribution in [3.8, 4) is 0 Å². The van der Waals surface area contributed by atoms with Crippen LogP contribution in [0.4, 0.5) is 4.39 Å². The summed E-state index contributed by atoms with van der Waals surface area (Å²) in [4.78, 5) is 0. The van der Waals surface area contributed by atoms with Gasteiger partial charge >= 0.3 is 0 Å². The van der Waals surface area contributed by atoms with Gasteiger partial charge in [0.15, 0.2) is 0 Å². The van der Waals surface area contributed by atoms with E-state index in [9.17, 15) is 4.39 Å². The highest BCUT2D eigenvalue weighted by Gasteiger charge is 2.18. The van der Waals surface area contributed by atoms with E-state index >= 15 is 0 Å². The molecule has 0 saturated heterocycles. The Kier molecular flexibility index (Phi) is 3.27. The van der Waals surface area contributed by atoms with E-state index in [1.807, 2.05) is 19.9 Å². The van der Waals surface area contributed by atoms with Crippen LogP contribution < -0.4 is 0 Å². The summed E-state index contributed by atoms with van der Waals surface area (Å²) in [5.74, 6) is -0.170. The second-order valence-corrected chi connectivity index (χ2v) is 4.52. The Bertz CT molecular complexity index is 318. The van der Waals surface area contributed by atoms with Crippen LogP contribution in [0.3, 0.4) is 0 Å². The smallest absolute Gasteiger partial charge is 0.126 e. The molecule has 0 unspecified atom stereocenters. The fourth-order valence-corrected chi connectivity index (χ4v) is 1.42. The van der Waals surface area contributed by atoms with E-state index in [0.717, 1.165) is 5.56 Å². The van der Waals surface area contributed by atoms with Crippen molar-refractivity contribution in [2.45, 2.75) is 27.2 Å². The molecule has 0 aliphatic carbocycles. The van der Waals surface area contributed by atoms with Gasteiger partial charge in [0, 0.05) is 6.61 Å². The molecule has 1 aromatic carbocycles. The number of benzene rings is 1. The van der Waals surface area contributed by atoms with Crippen LogP contribution >= 0.6 is 0 Å². The SMILES string of the molecule is Cc1c(F)cccc1CC(C)(C)CO. The molecule has 1 nitrogen and oxygen atoms in total. The van der Waals surface area contributed by atoms with Crippen molar-refractivity contribution >= 4 is 0 Å². The van der Waals surface area contributed by atoms with E-state index in [4.69, 9.17) is 5.11 Å². The summed E-state index contributed by atoms with van der Waals surface area (Å²) in [6, 6.07) is 5.09. The van der Waals surface area contributed by atoms with Gasteiger partial charge in [-0.25, -0.2) is 4.39 Å². The molecule has 0 heterocycles. The second kappa shape index (κ2) is 4.09. The van der Waals surface area contributed by atoms with Crippen LogP contribution in [0.1, 0.15) is 25.0 Å². The lowest BCUT2D eigenvalue weighted by atomic mass is 9.85. The summed E-state index contributed by atoms with van der Waals surface area (Å²) in [5, 5.41) is 9.12. The van der Waals surface area contributed by atoms with E-state index in [0.29, 0.717) is 12.0 Å². The van der Waals surface area contributed by atoms with E-state index in [1.165, 1.54) is 6.07 Å². The summed E-state index contributed by atoms with van der Waals surface area (Å²) in [7, 11) is 0. The van der Waals surface area contributed by atoms with Crippen LogP contribution in [0.25, 0.3) is 0 Å². The van der Waals surface area contributed by atoms with Crippen molar-refractivity contribution < 1.29 is 9.50 Å². The molecule has 0 bridgehead atoms. The van der Waals surface area contributed by atoms with Gasteiger partial charge in [-0.2, -0.15) is 0 Å². The van der Waals surface area contributed by atoms with Crippen LogP contribution in [0.2, 0.25) is 0 Å². The molecule has 2 heteroatoms. The first kappa shape index (κ1) is 11.2. The molecular weight excluding hydrogens is 179 g/mol. The third-order valence-corrected chi connectivity index (χ3v) is 2.48. The maximum atomic E-state index is 13.2. The van der Waals surface area contributed by atoms with Gasteiger partial charge in [-0.3, -0.25) is 0 Å². The minimum Gasteiger partial charge on any atom is -0.396 e. The maximum Gasteiger partial charge on any atom is 0.126 e. The Hall–Kier alpha value is -0.890. The van der Waals surface area contributed by atoms with Gasteiger partial charge in [-0.15, -0.1) is 0 Å². The zero-order valence-electron chi connectivity index (χ0n) is 8.97. The lowest BCUT2D eigenvalue weighted by Gasteiger charge is -2.22. The van der Waals surface area contributed by atoms with Crippen LogP contribution in [0, 0.1) is 18.2 Å². The third-order valence-electron chi connectivity index (χ3n) is 2.48. The molecule has 0 atom stereocenters. The first-order valence-electron chi connectivity index (χ1n) is 4.81. The van der Waals surface area contributed by atoms with Gasteiger partial charge in [-0.05, 0) is 36.0 Å². The zero-order chi connectivity index (χ0) is 10.8. The average molecular weight is 196 g/mol. The predicted octanol–water partition coefficient (Wildman–Crippen LogP) is 2.70. The molecule has 0 saturated carbocycles. The highest BCUT2D eigenvalue weighted by atomic mass is 19.1. The minimum atomic E-state index is -0.182. The fourth-order valence-electron chi connectivity index (χ4n) is 1.42. The molecule has 1 aromatic rings. The number of halogens is 1. The van der Waals surface area contributed by atoms with Crippen LogP contribution in [0.5, 0.6) is 0 Å². The molecule has 1 N–H and O–H groups in total. The molecule has 78 valence electrons. The Labute approximate surface area is 84.6 Å². The number of hydrogen-bond donors (Lipinski definition) is 1. The average Bonchev–Trinajstić information content (AvgIpc) is 2.13. The fraction of sp³-hybridized carbons (Fsp3) is 0.500. The highest BCUT2D eigenvalue weighted by Crippen LogP contribution is 2.23.